The van der Waals surface area contributed by atoms with E-state index in [1.165, 1.54) is 12.1 Å². The number of pyridine rings is 1. The van der Waals surface area contributed by atoms with Gasteiger partial charge in [-0.25, -0.2) is 23.7 Å². The zero-order chi connectivity index (χ0) is 23.7. The fourth-order valence-corrected chi connectivity index (χ4v) is 3.86. The Morgan fingerprint density at radius 1 is 0.971 bits per heavy atom. The number of ether oxygens (including phenoxy) is 2. The predicted molar refractivity (Wildman–Crippen MR) is 122 cm³/mol. The van der Waals surface area contributed by atoms with Gasteiger partial charge in [0.2, 0.25) is 0 Å². The third kappa shape index (κ3) is 4.37. The first-order valence-corrected chi connectivity index (χ1v) is 10.7. The van der Waals surface area contributed by atoms with Crippen LogP contribution in [0, 0.1) is 18.6 Å². The summed E-state index contributed by atoms with van der Waals surface area (Å²) in [6.45, 7) is 3.40. The van der Waals surface area contributed by atoms with Crippen molar-refractivity contribution < 1.29 is 18.3 Å². The Morgan fingerprint density at radius 2 is 1.79 bits per heavy atom. The number of hydrogen-bond acceptors (Lipinski definition) is 6. The number of rotatable bonds is 8. The summed E-state index contributed by atoms with van der Waals surface area (Å²) >= 11 is 0. The van der Waals surface area contributed by atoms with Crippen LogP contribution in [0.4, 0.5) is 8.78 Å². The van der Waals surface area contributed by atoms with Crippen LogP contribution in [-0.2, 0) is 22.6 Å². The van der Waals surface area contributed by atoms with Crippen molar-refractivity contribution in [2.24, 2.45) is 0 Å². The molecule has 10 heteroatoms. The van der Waals surface area contributed by atoms with Gasteiger partial charge in [0.15, 0.2) is 11.3 Å². The minimum absolute atomic E-state index is 0.261. The first kappa shape index (κ1) is 22.1. The zero-order valence-corrected chi connectivity index (χ0v) is 18.7. The monoisotopic (exact) mass is 464 g/mol. The number of hydrogen-bond donors (Lipinski definition) is 0. The van der Waals surface area contributed by atoms with E-state index in [9.17, 15) is 8.78 Å². The van der Waals surface area contributed by atoms with E-state index in [0.717, 1.165) is 22.8 Å². The second-order valence-corrected chi connectivity index (χ2v) is 7.86. The Bertz CT molecular complexity index is 1460. The number of fused-ring (bicyclic) bond motifs is 2. The van der Waals surface area contributed by atoms with E-state index in [4.69, 9.17) is 14.5 Å². The standard InChI is InChI=1S/C24H22F2N6O2/c1-15-29-23-22(32(15)13-16-7-17(25)9-18(26)8-16)10-20(12-28-23)31-4-3-21-24(31)30-19(11-27-21)14-34-6-5-33-2/h3-4,7-12H,5-6,13-14H2,1-2H3. The van der Waals surface area contributed by atoms with Crippen molar-refractivity contribution in [1.29, 1.82) is 0 Å². The lowest BCUT2D eigenvalue weighted by atomic mass is 10.2. The second-order valence-electron chi connectivity index (χ2n) is 7.86. The molecule has 34 heavy (non-hydrogen) atoms. The van der Waals surface area contributed by atoms with E-state index < -0.39 is 11.6 Å². The smallest absolute Gasteiger partial charge is 0.178 e. The fourth-order valence-electron chi connectivity index (χ4n) is 3.86. The highest BCUT2D eigenvalue weighted by Gasteiger charge is 2.14. The molecule has 0 atom stereocenters. The van der Waals surface area contributed by atoms with Gasteiger partial charge in [0.1, 0.15) is 23.0 Å². The first-order chi connectivity index (χ1) is 16.5. The van der Waals surface area contributed by atoms with Crippen LogP contribution in [0.15, 0.2) is 48.9 Å². The molecule has 0 aliphatic carbocycles. The molecule has 174 valence electrons. The topological polar surface area (TPSA) is 79.9 Å². The maximum atomic E-state index is 13.7. The van der Waals surface area contributed by atoms with Crippen molar-refractivity contribution in [3.8, 4) is 5.69 Å². The van der Waals surface area contributed by atoms with Gasteiger partial charge in [0, 0.05) is 25.9 Å². The molecule has 0 fully saturated rings. The summed E-state index contributed by atoms with van der Waals surface area (Å²) < 4.78 is 41.8. The quantitative estimate of drug-likeness (QED) is 0.324. The van der Waals surface area contributed by atoms with Crippen LogP contribution >= 0.6 is 0 Å². The summed E-state index contributed by atoms with van der Waals surface area (Å²) in [5.41, 5.74) is 4.67. The molecular formula is C24H22F2N6O2. The van der Waals surface area contributed by atoms with E-state index in [-0.39, 0.29) is 6.54 Å². The molecule has 0 spiro atoms. The molecular weight excluding hydrogens is 442 g/mol. The number of nitrogens with zero attached hydrogens (tertiary/aromatic N) is 6. The average Bonchev–Trinajstić information content (AvgIpc) is 3.36. The molecule has 0 bridgehead atoms. The van der Waals surface area contributed by atoms with Gasteiger partial charge in [0.25, 0.3) is 0 Å². The van der Waals surface area contributed by atoms with Gasteiger partial charge in [0.05, 0.1) is 49.1 Å². The SMILES string of the molecule is COCCOCc1cnc2ccn(-c3cnc4nc(C)n(Cc5cc(F)cc(F)c5)c4c3)c2n1. The summed E-state index contributed by atoms with van der Waals surface area (Å²) in [5, 5.41) is 0. The summed E-state index contributed by atoms with van der Waals surface area (Å²) in [5.74, 6) is -0.539. The van der Waals surface area contributed by atoms with Gasteiger partial charge in [-0.05, 0) is 36.8 Å². The van der Waals surface area contributed by atoms with Gasteiger partial charge in [-0.2, -0.15) is 0 Å². The number of halogens is 2. The van der Waals surface area contributed by atoms with Gasteiger partial charge in [-0.3, -0.25) is 9.55 Å². The molecule has 4 heterocycles. The molecule has 0 aliphatic heterocycles. The number of aryl methyl sites for hydroxylation is 1. The van der Waals surface area contributed by atoms with Crippen LogP contribution in [0.25, 0.3) is 28.0 Å². The molecule has 8 nitrogen and oxygen atoms in total. The Labute approximate surface area is 193 Å². The van der Waals surface area contributed by atoms with Crippen LogP contribution in [0.1, 0.15) is 17.1 Å². The Hall–Kier alpha value is -3.76. The van der Waals surface area contributed by atoms with Crippen molar-refractivity contribution >= 4 is 22.3 Å². The molecule has 4 aromatic heterocycles. The van der Waals surface area contributed by atoms with Crippen LogP contribution < -0.4 is 0 Å². The lowest BCUT2D eigenvalue weighted by molar-refractivity contribution is 0.0602. The molecule has 0 aliphatic rings. The van der Waals surface area contributed by atoms with Crippen molar-refractivity contribution in [2.45, 2.75) is 20.1 Å². The van der Waals surface area contributed by atoms with E-state index >= 15 is 0 Å². The van der Waals surface area contributed by atoms with Gasteiger partial charge in [-0.15, -0.1) is 0 Å². The van der Waals surface area contributed by atoms with Crippen molar-refractivity contribution in [3.63, 3.8) is 0 Å². The molecule has 0 N–H and O–H groups in total. The number of imidazole rings is 1. The Balaban J connectivity index is 1.51. The van der Waals surface area contributed by atoms with E-state index in [2.05, 4.69) is 15.0 Å². The molecule has 0 radical (unpaired) electrons. The highest BCUT2D eigenvalue weighted by Crippen LogP contribution is 2.23. The molecule has 1 aromatic carbocycles. The lowest BCUT2D eigenvalue weighted by Gasteiger charge is -2.09. The molecule has 0 saturated heterocycles. The normalized spacial score (nSPS) is 11.6. The highest BCUT2D eigenvalue weighted by molar-refractivity contribution is 5.78. The maximum absolute atomic E-state index is 13.7. The highest BCUT2D eigenvalue weighted by atomic mass is 19.1. The lowest BCUT2D eigenvalue weighted by Crippen LogP contribution is -2.05. The van der Waals surface area contributed by atoms with Crippen molar-refractivity contribution in [2.75, 3.05) is 20.3 Å². The second kappa shape index (κ2) is 9.24. The largest absolute Gasteiger partial charge is 0.382 e. The van der Waals surface area contributed by atoms with Crippen molar-refractivity contribution in [3.05, 3.63) is 77.6 Å². The molecule has 0 saturated carbocycles. The third-order valence-electron chi connectivity index (χ3n) is 5.45. The van der Waals surface area contributed by atoms with E-state index in [1.54, 1.807) is 19.5 Å². The van der Waals surface area contributed by atoms with Gasteiger partial charge in [-0.1, -0.05) is 0 Å². The summed E-state index contributed by atoms with van der Waals surface area (Å²) in [6.07, 6.45) is 5.28. The summed E-state index contributed by atoms with van der Waals surface area (Å²) in [4.78, 5) is 18.2. The summed E-state index contributed by atoms with van der Waals surface area (Å²) in [6, 6.07) is 7.30. The van der Waals surface area contributed by atoms with Crippen molar-refractivity contribution in [1.82, 2.24) is 29.1 Å². The number of aromatic nitrogens is 6. The Morgan fingerprint density at radius 3 is 2.59 bits per heavy atom. The number of methoxy groups -OCH3 is 1. The predicted octanol–water partition coefficient (Wildman–Crippen LogP) is 3.96. The Kier molecular flexibility index (Phi) is 5.99. The first-order valence-electron chi connectivity index (χ1n) is 10.7. The minimum Gasteiger partial charge on any atom is -0.382 e. The maximum Gasteiger partial charge on any atom is 0.178 e. The third-order valence-corrected chi connectivity index (χ3v) is 5.45. The molecule has 5 aromatic rings. The molecule has 0 unspecified atom stereocenters. The van der Waals surface area contributed by atoms with Crippen LogP contribution in [0.3, 0.4) is 0 Å². The molecule has 5 rings (SSSR count). The van der Waals surface area contributed by atoms with Gasteiger partial charge >= 0.3 is 0 Å². The minimum atomic E-state index is -0.615. The fraction of sp³-hybridized carbons (Fsp3) is 0.250. The van der Waals surface area contributed by atoms with Crippen LogP contribution in [-0.4, -0.2) is 49.4 Å². The van der Waals surface area contributed by atoms with E-state index in [1.807, 2.05) is 34.4 Å². The number of benzene rings is 1. The summed E-state index contributed by atoms with van der Waals surface area (Å²) in [7, 11) is 1.62. The van der Waals surface area contributed by atoms with Gasteiger partial charge < -0.3 is 14.0 Å². The molecule has 0 amide bonds. The average molecular weight is 464 g/mol. The zero-order valence-electron chi connectivity index (χ0n) is 18.7. The van der Waals surface area contributed by atoms with E-state index in [0.29, 0.717) is 48.2 Å². The van der Waals surface area contributed by atoms with Crippen LogP contribution in [0.5, 0.6) is 0 Å². The van der Waals surface area contributed by atoms with Crippen LogP contribution in [0.2, 0.25) is 0 Å².